The maximum atomic E-state index is 12.6. The summed E-state index contributed by atoms with van der Waals surface area (Å²) in [7, 11) is 0. The van der Waals surface area contributed by atoms with Crippen molar-refractivity contribution in [3.8, 4) is 5.75 Å². The lowest BCUT2D eigenvalue weighted by Gasteiger charge is -2.28. The van der Waals surface area contributed by atoms with Crippen LogP contribution in [-0.2, 0) is 0 Å². The Labute approximate surface area is 165 Å². The Morgan fingerprint density at radius 1 is 1.00 bits per heavy atom. The molecule has 27 heavy (non-hydrogen) atoms. The van der Waals surface area contributed by atoms with Gasteiger partial charge >= 0.3 is 0 Å². The van der Waals surface area contributed by atoms with Gasteiger partial charge in [0, 0.05) is 11.1 Å². The SMILES string of the molecule is CCC[C@H]1CC[C@H](c2ccc(OC(=S)c3ccc(C(F)F)cc3)cc2)CC1. The Kier molecular flexibility index (Phi) is 6.95. The average Bonchev–Trinajstić information content (AvgIpc) is 2.69. The number of alkyl halides is 2. The van der Waals surface area contributed by atoms with Crippen LogP contribution in [0.2, 0.25) is 0 Å². The molecule has 0 saturated heterocycles. The fraction of sp³-hybridized carbons (Fsp3) is 0.435. The van der Waals surface area contributed by atoms with Crippen LogP contribution < -0.4 is 4.74 Å². The minimum atomic E-state index is -2.47. The lowest BCUT2D eigenvalue weighted by atomic mass is 9.77. The van der Waals surface area contributed by atoms with Gasteiger partial charge in [0.2, 0.25) is 0 Å². The third-order valence-corrected chi connectivity index (χ3v) is 5.82. The van der Waals surface area contributed by atoms with Gasteiger partial charge in [-0.3, -0.25) is 0 Å². The van der Waals surface area contributed by atoms with E-state index in [1.165, 1.54) is 56.2 Å². The molecule has 2 aromatic rings. The Hall–Kier alpha value is -1.81. The zero-order valence-electron chi connectivity index (χ0n) is 15.7. The molecule has 1 fully saturated rings. The van der Waals surface area contributed by atoms with E-state index in [4.69, 9.17) is 17.0 Å². The molecule has 1 saturated carbocycles. The summed E-state index contributed by atoms with van der Waals surface area (Å²) in [5.41, 5.74) is 1.98. The fourth-order valence-electron chi connectivity index (χ4n) is 3.93. The highest BCUT2D eigenvalue weighted by molar-refractivity contribution is 7.80. The summed E-state index contributed by atoms with van der Waals surface area (Å²) >= 11 is 5.30. The molecule has 1 aliphatic rings. The van der Waals surface area contributed by atoms with Crippen molar-refractivity contribution in [3.63, 3.8) is 0 Å². The topological polar surface area (TPSA) is 9.23 Å². The summed E-state index contributed by atoms with van der Waals surface area (Å²) in [6.07, 6.45) is 5.35. The van der Waals surface area contributed by atoms with Gasteiger partial charge in [-0.25, -0.2) is 8.78 Å². The molecule has 0 bridgehead atoms. The molecule has 3 rings (SSSR count). The quantitative estimate of drug-likeness (QED) is 0.475. The van der Waals surface area contributed by atoms with Gasteiger partial charge < -0.3 is 4.74 Å². The third kappa shape index (κ3) is 5.35. The zero-order chi connectivity index (χ0) is 19.2. The maximum absolute atomic E-state index is 12.6. The molecular formula is C23H26F2OS. The Morgan fingerprint density at radius 2 is 1.63 bits per heavy atom. The molecule has 0 unspecified atom stereocenters. The zero-order valence-corrected chi connectivity index (χ0v) is 16.5. The normalized spacial score (nSPS) is 19.9. The summed E-state index contributed by atoms with van der Waals surface area (Å²) in [5, 5.41) is 0.295. The second-order valence-electron chi connectivity index (χ2n) is 7.39. The number of ether oxygens (including phenoxy) is 1. The lowest BCUT2D eigenvalue weighted by molar-refractivity contribution is 0.151. The van der Waals surface area contributed by atoms with E-state index in [1.54, 1.807) is 12.1 Å². The summed E-state index contributed by atoms with van der Waals surface area (Å²) in [6, 6.07) is 14.1. The second-order valence-corrected chi connectivity index (χ2v) is 7.76. The van der Waals surface area contributed by atoms with Crippen molar-refractivity contribution in [1.29, 1.82) is 0 Å². The average molecular weight is 389 g/mol. The van der Waals surface area contributed by atoms with E-state index < -0.39 is 6.43 Å². The van der Waals surface area contributed by atoms with Crippen LogP contribution >= 0.6 is 12.2 Å². The molecule has 0 amide bonds. The molecule has 0 spiro atoms. The van der Waals surface area contributed by atoms with E-state index in [2.05, 4.69) is 19.1 Å². The Bertz CT molecular complexity index is 732. The molecule has 2 aromatic carbocycles. The summed E-state index contributed by atoms with van der Waals surface area (Å²) in [6.45, 7) is 2.27. The predicted molar refractivity (Wildman–Crippen MR) is 110 cm³/mol. The minimum Gasteiger partial charge on any atom is -0.445 e. The van der Waals surface area contributed by atoms with Crippen molar-refractivity contribution < 1.29 is 13.5 Å². The summed E-state index contributed by atoms with van der Waals surface area (Å²) in [4.78, 5) is 0. The molecule has 0 atom stereocenters. The molecule has 0 N–H and O–H groups in total. The van der Waals surface area contributed by atoms with Crippen LogP contribution in [0.25, 0.3) is 0 Å². The summed E-state index contributed by atoms with van der Waals surface area (Å²) in [5.74, 6) is 2.23. The first-order valence-corrected chi connectivity index (χ1v) is 10.2. The molecule has 0 aliphatic heterocycles. The van der Waals surface area contributed by atoms with Crippen LogP contribution in [0.4, 0.5) is 8.78 Å². The molecule has 0 heterocycles. The molecule has 144 valence electrons. The Balaban J connectivity index is 1.56. The van der Waals surface area contributed by atoms with Crippen LogP contribution in [0.15, 0.2) is 48.5 Å². The van der Waals surface area contributed by atoms with Gasteiger partial charge in [-0.15, -0.1) is 0 Å². The highest BCUT2D eigenvalue weighted by atomic mass is 32.1. The molecule has 0 radical (unpaired) electrons. The predicted octanol–water partition coefficient (Wildman–Crippen LogP) is 7.45. The van der Waals surface area contributed by atoms with Crippen LogP contribution in [0.3, 0.4) is 0 Å². The van der Waals surface area contributed by atoms with Gasteiger partial charge in [0.1, 0.15) is 5.75 Å². The van der Waals surface area contributed by atoms with E-state index in [0.717, 1.165) is 5.92 Å². The number of hydrogen-bond donors (Lipinski definition) is 0. The van der Waals surface area contributed by atoms with Crippen LogP contribution in [0.5, 0.6) is 5.75 Å². The van der Waals surface area contributed by atoms with Crippen molar-refractivity contribution in [1.82, 2.24) is 0 Å². The molecule has 1 nitrogen and oxygen atoms in total. The Morgan fingerprint density at radius 3 is 2.19 bits per heavy atom. The van der Waals surface area contributed by atoms with Crippen LogP contribution in [0.1, 0.15) is 74.5 Å². The molecular weight excluding hydrogens is 362 g/mol. The van der Waals surface area contributed by atoms with E-state index in [0.29, 0.717) is 22.3 Å². The molecule has 0 aromatic heterocycles. The second kappa shape index (κ2) is 9.41. The maximum Gasteiger partial charge on any atom is 0.263 e. The minimum absolute atomic E-state index is 0.0143. The van der Waals surface area contributed by atoms with Gasteiger partial charge in [-0.1, -0.05) is 44.0 Å². The first kappa shape index (κ1) is 19.9. The van der Waals surface area contributed by atoms with Crippen LogP contribution in [0, 0.1) is 5.92 Å². The number of benzene rings is 2. The highest BCUT2D eigenvalue weighted by Crippen LogP contribution is 2.37. The lowest BCUT2D eigenvalue weighted by Crippen LogP contribution is -2.13. The van der Waals surface area contributed by atoms with Crippen molar-refractivity contribution in [2.75, 3.05) is 0 Å². The van der Waals surface area contributed by atoms with Crippen molar-refractivity contribution >= 4 is 17.3 Å². The van der Waals surface area contributed by atoms with Crippen molar-refractivity contribution in [2.24, 2.45) is 5.92 Å². The first-order valence-electron chi connectivity index (χ1n) is 9.77. The highest BCUT2D eigenvalue weighted by Gasteiger charge is 2.21. The largest absolute Gasteiger partial charge is 0.445 e. The monoisotopic (exact) mass is 388 g/mol. The molecule has 4 heteroatoms. The number of rotatable bonds is 6. The number of halogens is 2. The first-order chi connectivity index (χ1) is 13.1. The standard InChI is InChI=1S/C23H26F2OS/c1-2-3-16-4-6-17(7-5-16)18-12-14-21(15-13-18)26-23(27)20-10-8-19(9-11-20)22(24)25/h8-17,22H,2-7H2,1H3/t16-,17-. The smallest absolute Gasteiger partial charge is 0.263 e. The van der Waals surface area contributed by atoms with E-state index in [-0.39, 0.29) is 5.56 Å². The van der Waals surface area contributed by atoms with Crippen molar-refractivity contribution in [2.45, 2.75) is 57.8 Å². The number of thiocarbonyl (C=S) groups is 1. The van der Waals surface area contributed by atoms with E-state index >= 15 is 0 Å². The van der Waals surface area contributed by atoms with Gasteiger partial charge in [0.15, 0.2) is 5.05 Å². The van der Waals surface area contributed by atoms with Crippen LogP contribution in [-0.4, -0.2) is 5.05 Å². The van der Waals surface area contributed by atoms with E-state index in [9.17, 15) is 8.78 Å². The van der Waals surface area contributed by atoms with Gasteiger partial charge in [-0.2, -0.15) is 0 Å². The summed E-state index contributed by atoms with van der Waals surface area (Å²) < 4.78 is 31.0. The third-order valence-electron chi connectivity index (χ3n) is 5.50. The van der Waals surface area contributed by atoms with Gasteiger partial charge in [0.25, 0.3) is 6.43 Å². The fourth-order valence-corrected chi connectivity index (χ4v) is 4.16. The van der Waals surface area contributed by atoms with E-state index in [1.807, 2.05) is 12.1 Å². The van der Waals surface area contributed by atoms with Gasteiger partial charge in [-0.05, 0) is 79.6 Å². The number of hydrogen-bond acceptors (Lipinski definition) is 2. The van der Waals surface area contributed by atoms with Gasteiger partial charge in [0.05, 0.1) is 0 Å². The molecule has 1 aliphatic carbocycles. The van der Waals surface area contributed by atoms with Crippen molar-refractivity contribution in [3.05, 3.63) is 65.2 Å².